The van der Waals surface area contributed by atoms with Gasteiger partial charge in [0.25, 0.3) is 0 Å². The first-order chi connectivity index (χ1) is 37.0. The minimum absolute atomic E-state index is 0.0537. The van der Waals surface area contributed by atoms with Gasteiger partial charge in [-0.3, -0.25) is 13.8 Å². The van der Waals surface area contributed by atoms with Gasteiger partial charge in [0.2, 0.25) is 5.91 Å². The first-order valence-electron chi connectivity index (χ1n) is 32.7. The second-order valence-electron chi connectivity index (χ2n) is 23.5. The van der Waals surface area contributed by atoms with Gasteiger partial charge in [-0.05, 0) is 77.0 Å². The number of nitrogens with zero attached hydrogens (tertiary/aromatic N) is 1. The van der Waals surface area contributed by atoms with Crippen LogP contribution in [0.3, 0.4) is 0 Å². The number of quaternary nitrogens is 1. The Morgan fingerprint density at radius 3 is 1.13 bits per heavy atom. The Labute approximate surface area is 472 Å². The van der Waals surface area contributed by atoms with Crippen molar-refractivity contribution < 1.29 is 32.9 Å². The van der Waals surface area contributed by atoms with Crippen LogP contribution in [-0.2, 0) is 18.4 Å². The molecule has 1 amide bonds. The molecule has 0 heterocycles. The SMILES string of the molecule is CCCCCCC/C=C\C/C=C\CCCCCCCCCCCCCCCCCCCCCCCCCC(=O)NC(COP(=O)(O)OCC[N+](C)(C)C)C(O)/C=C/CC/C=C/CC/C=C/CCCCCCCCCCC. The van der Waals surface area contributed by atoms with Gasteiger partial charge in [0.05, 0.1) is 39.9 Å². The van der Waals surface area contributed by atoms with E-state index in [0.29, 0.717) is 17.4 Å². The van der Waals surface area contributed by atoms with Crippen molar-refractivity contribution in [1.82, 2.24) is 5.32 Å². The summed E-state index contributed by atoms with van der Waals surface area (Å²) in [7, 11) is 1.55. The number of phosphoric ester groups is 1. The Morgan fingerprint density at radius 2 is 0.763 bits per heavy atom. The fourth-order valence-corrected chi connectivity index (χ4v) is 10.3. The van der Waals surface area contributed by atoms with Crippen LogP contribution in [0.5, 0.6) is 0 Å². The number of amides is 1. The van der Waals surface area contributed by atoms with Gasteiger partial charge >= 0.3 is 7.82 Å². The van der Waals surface area contributed by atoms with Gasteiger partial charge in [0.15, 0.2) is 0 Å². The number of unbranched alkanes of at least 4 members (excludes halogenated alkanes) is 39. The smallest absolute Gasteiger partial charge is 0.387 e. The van der Waals surface area contributed by atoms with E-state index in [9.17, 15) is 19.4 Å². The zero-order valence-electron chi connectivity index (χ0n) is 51.0. The lowest BCUT2D eigenvalue weighted by Gasteiger charge is -2.25. The number of carbonyl (C=O) groups excluding carboxylic acids is 1. The number of hydrogen-bond acceptors (Lipinski definition) is 5. The molecule has 76 heavy (non-hydrogen) atoms. The van der Waals surface area contributed by atoms with Crippen molar-refractivity contribution in [3.05, 3.63) is 60.8 Å². The van der Waals surface area contributed by atoms with Crippen molar-refractivity contribution in [2.24, 2.45) is 0 Å². The summed E-state index contributed by atoms with van der Waals surface area (Å²) in [5, 5.41) is 13.9. The number of likely N-dealkylation sites (N-methyl/N-ethyl adjacent to an activating group) is 1. The van der Waals surface area contributed by atoms with Crippen LogP contribution < -0.4 is 5.32 Å². The fraction of sp³-hybridized carbons (Fsp3) is 0.836. The molecule has 0 radical (unpaired) electrons. The van der Waals surface area contributed by atoms with E-state index >= 15 is 0 Å². The zero-order valence-corrected chi connectivity index (χ0v) is 51.9. The zero-order chi connectivity index (χ0) is 55.6. The maximum Gasteiger partial charge on any atom is 0.472 e. The molecule has 0 aromatic carbocycles. The van der Waals surface area contributed by atoms with Crippen molar-refractivity contribution in [3.8, 4) is 0 Å². The standard InChI is InChI=1S/C67H127N2O6P/c1-6-8-10-12-14-16-18-20-22-24-26-27-28-29-30-31-32-33-34-35-36-37-38-39-40-41-43-45-47-49-51-53-55-57-59-61-67(71)68-65(64-75-76(72,73)74-63-62-69(3,4)5)66(70)60-58-56-54-52-50-48-46-44-42-25-23-21-19-17-15-13-11-9-7-2/h18,20,24,26,42,44,50,52,58,60,65-66,70H,6-17,19,21-23,25,27-41,43,45-49,51,53-57,59,61-64H2,1-5H3,(H-,68,71,72,73)/p+1/b20-18-,26-24-,44-42+,52-50+,60-58+. The predicted molar refractivity (Wildman–Crippen MR) is 332 cm³/mol. The van der Waals surface area contributed by atoms with Gasteiger partial charge in [-0.2, -0.15) is 0 Å². The summed E-state index contributed by atoms with van der Waals surface area (Å²) in [5.74, 6) is -0.187. The highest BCUT2D eigenvalue weighted by molar-refractivity contribution is 7.47. The summed E-state index contributed by atoms with van der Waals surface area (Å²) < 4.78 is 23.7. The average Bonchev–Trinajstić information content (AvgIpc) is 3.38. The summed E-state index contributed by atoms with van der Waals surface area (Å²) in [6.07, 6.45) is 79.3. The predicted octanol–water partition coefficient (Wildman–Crippen LogP) is 20.4. The summed E-state index contributed by atoms with van der Waals surface area (Å²) in [6, 6.07) is -0.871. The van der Waals surface area contributed by atoms with Crippen LogP contribution in [0.15, 0.2) is 60.8 Å². The van der Waals surface area contributed by atoms with E-state index in [2.05, 4.69) is 67.8 Å². The van der Waals surface area contributed by atoms with Gasteiger partial charge in [0, 0.05) is 6.42 Å². The lowest BCUT2D eigenvalue weighted by molar-refractivity contribution is -0.870. The Balaban J connectivity index is 4.05. The molecule has 0 saturated carbocycles. The normalized spacial score (nSPS) is 14.1. The van der Waals surface area contributed by atoms with E-state index in [4.69, 9.17) is 9.05 Å². The van der Waals surface area contributed by atoms with Gasteiger partial charge in [0.1, 0.15) is 13.2 Å². The van der Waals surface area contributed by atoms with Crippen molar-refractivity contribution >= 4 is 13.7 Å². The summed E-state index contributed by atoms with van der Waals surface area (Å²) in [6.45, 7) is 4.80. The van der Waals surface area contributed by atoms with Crippen LogP contribution in [0.25, 0.3) is 0 Å². The molecule has 0 bridgehead atoms. The molecule has 0 aliphatic heterocycles. The van der Waals surface area contributed by atoms with Crippen molar-refractivity contribution in [2.75, 3.05) is 40.9 Å². The molecule has 3 N–H and O–H groups in total. The van der Waals surface area contributed by atoms with E-state index in [1.165, 1.54) is 238 Å². The van der Waals surface area contributed by atoms with Gasteiger partial charge < -0.3 is 19.8 Å². The number of aliphatic hydroxyl groups is 1. The van der Waals surface area contributed by atoms with Crippen LogP contribution >= 0.6 is 7.82 Å². The van der Waals surface area contributed by atoms with Crippen LogP contribution in [0.1, 0.15) is 309 Å². The average molecular weight is 1090 g/mol. The maximum atomic E-state index is 13.0. The van der Waals surface area contributed by atoms with Crippen molar-refractivity contribution in [1.29, 1.82) is 0 Å². The summed E-state index contributed by atoms with van der Waals surface area (Å²) in [4.78, 5) is 23.3. The van der Waals surface area contributed by atoms with E-state index in [0.717, 1.165) is 51.4 Å². The number of aliphatic hydroxyl groups excluding tert-OH is 1. The number of hydrogen-bond donors (Lipinski definition) is 3. The van der Waals surface area contributed by atoms with Gasteiger partial charge in [-0.1, -0.05) is 286 Å². The highest BCUT2D eigenvalue weighted by Gasteiger charge is 2.27. The number of phosphoric acid groups is 1. The Kier molecular flexibility index (Phi) is 56.5. The molecule has 9 heteroatoms. The molecule has 8 nitrogen and oxygen atoms in total. The molecule has 3 unspecified atom stereocenters. The van der Waals surface area contributed by atoms with E-state index in [1.807, 2.05) is 27.2 Å². The van der Waals surface area contributed by atoms with Crippen LogP contribution in [0, 0.1) is 0 Å². The third-order valence-corrected chi connectivity index (χ3v) is 15.7. The van der Waals surface area contributed by atoms with Crippen LogP contribution in [0.4, 0.5) is 0 Å². The number of rotatable bonds is 60. The monoisotopic (exact) mass is 1090 g/mol. The first kappa shape index (κ1) is 74.2. The Bertz CT molecular complexity index is 1420. The topological polar surface area (TPSA) is 105 Å². The molecule has 0 aliphatic rings. The molecule has 0 aromatic rings. The lowest BCUT2D eigenvalue weighted by Crippen LogP contribution is -2.45. The van der Waals surface area contributed by atoms with E-state index < -0.39 is 20.0 Å². The van der Waals surface area contributed by atoms with E-state index in [1.54, 1.807) is 6.08 Å². The maximum absolute atomic E-state index is 13.0. The summed E-state index contributed by atoms with van der Waals surface area (Å²) >= 11 is 0. The molecule has 0 aromatic heterocycles. The van der Waals surface area contributed by atoms with Crippen molar-refractivity contribution in [2.45, 2.75) is 321 Å². The van der Waals surface area contributed by atoms with Gasteiger partial charge in [-0.25, -0.2) is 4.57 Å². The molecule has 0 saturated heterocycles. The lowest BCUT2D eigenvalue weighted by atomic mass is 10.0. The number of nitrogens with one attached hydrogen (secondary N) is 1. The molecular formula is C67H128N2O6P+. The minimum Gasteiger partial charge on any atom is -0.387 e. The Hall–Kier alpha value is -1.80. The molecular weight excluding hydrogens is 960 g/mol. The quantitative estimate of drug-likeness (QED) is 0.0243. The minimum atomic E-state index is -4.36. The summed E-state index contributed by atoms with van der Waals surface area (Å²) in [5.41, 5.74) is 0. The third kappa shape index (κ3) is 59.9. The van der Waals surface area contributed by atoms with E-state index in [-0.39, 0.29) is 19.1 Å². The third-order valence-electron chi connectivity index (χ3n) is 14.7. The number of carbonyl (C=O) groups is 1. The fourth-order valence-electron chi connectivity index (χ4n) is 9.58. The number of allylic oxidation sites excluding steroid dienone is 9. The molecule has 446 valence electrons. The highest BCUT2D eigenvalue weighted by Crippen LogP contribution is 2.43. The molecule has 0 aliphatic carbocycles. The molecule has 0 fully saturated rings. The second kappa shape index (κ2) is 57.9. The van der Waals surface area contributed by atoms with Crippen LogP contribution in [0.2, 0.25) is 0 Å². The second-order valence-corrected chi connectivity index (χ2v) is 24.9. The molecule has 0 spiro atoms. The molecule has 0 rings (SSSR count). The largest absolute Gasteiger partial charge is 0.472 e. The highest BCUT2D eigenvalue weighted by atomic mass is 31.2. The van der Waals surface area contributed by atoms with Crippen LogP contribution in [-0.4, -0.2) is 73.4 Å². The Morgan fingerprint density at radius 1 is 0.447 bits per heavy atom. The first-order valence-corrected chi connectivity index (χ1v) is 34.2. The molecule has 3 atom stereocenters. The van der Waals surface area contributed by atoms with Gasteiger partial charge in [-0.15, -0.1) is 0 Å². The van der Waals surface area contributed by atoms with Crippen molar-refractivity contribution in [3.63, 3.8) is 0 Å².